The van der Waals surface area contributed by atoms with E-state index in [1.807, 2.05) is 6.92 Å². The van der Waals surface area contributed by atoms with Crippen molar-refractivity contribution in [2.45, 2.75) is 40.0 Å². The zero-order valence-corrected chi connectivity index (χ0v) is 12.1. The first-order valence-corrected chi connectivity index (χ1v) is 6.79. The minimum absolute atomic E-state index is 0.107. The van der Waals surface area contributed by atoms with Gasteiger partial charge in [0.25, 0.3) is 0 Å². The minimum atomic E-state index is 0.107. The summed E-state index contributed by atoms with van der Waals surface area (Å²) in [6, 6.07) is 1.76. The Bertz CT molecular complexity index is 416. The lowest BCUT2D eigenvalue weighted by Crippen LogP contribution is -2.18. The fourth-order valence-electron chi connectivity index (χ4n) is 1.93. The van der Waals surface area contributed by atoms with Gasteiger partial charge < -0.3 is 10.5 Å². The average molecular weight is 264 g/mol. The predicted octanol–water partition coefficient (Wildman–Crippen LogP) is 2.82. The van der Waals surface area contributed by atoms with Gasteiger partial charge in [-0.05, 0) is 37.8 Å². The highest BCUT2D eigenvalue weighted by atomic mass is 16.5. The Labute approximate surface area is 115 Å². The molecule has 0 spiro atoms. The van der Waals surface area contributed by atoms with Gasteiger partial charge >= 0.3 is 0 Å². The van der Waals surface area contributed by atoms with E-state index in [-0.39, 0.29) is 11.2 Å². The molecule has 106 valence electrons. The summed E-state index contributed by atoms with van der Waals surface area (Å²) in [7, 11) is 0. The van der Waals surface area contributed by atoms with Gasteiger partial charge in [-0.25, -0.2) is 0 Å². The summed E-state index contributed by atoms with van der Waals surface area (Å²) >= 11 is 0. The molecule has 0 aromatic carbocycles. The molecule has 4 nitrogen and oxygen atoms in total. The topological polar surface area (TPSA) is 65.2 Å². The van der Waals surface area contributed by atoms with E-state index in [9.17, 15) is 4.79 Å². The molecule has 0 amide bonds. The Hall–Kier alpha value is -1.42. The number of ketones is 1. The van der Waals surface area contributed by atoms with Crippen LogP contribution in [0.5, 0.6) is 5.75 Å². The monoisotopic (exact) mass is 264 g/mol. The van der Waals surface area contributed by atoms with Gasteiger partial charge in [-0.2, -0.15) is 0 Å². The van der Waals surface area contributed by atoms with Crippen LogP contribution in [-0.2, 0) is 0 Å². The minimum Gasteiger partial charge on any atom is -0.492 e. The molecule has 0 unspecified atom stereocenters. The van der Waals surface area contributed by atoms with Gasteiger partial charge in [0.15, 0.2) is 5.78 Å². The smallest absolute Gasteiger partial charge is 0.164 e. The molecule has 0 aliphatic carbocycles. The quantitative estimate of drug-likeness (QED) is 0.733. The van der Waals surface area contributed by atoms with E-state index in [1.165, 1.54) is 0 Å². The van der Waals surface area contributed by atoms with Crippen LogP contribution in [0.15, 0.2) is 18.5 Å². The SMILES string of the molecule is CCOc1cncc(C(=O)CCC(C)(C)CCN)c1. The number of rotatable bonds is 8. The standard InChI is InChI=1S/C15H24N2O2/c1-4-19-13-9-12(10-17-11-13)14(18)5-6-15(2,3)7-8-16/h9-11H,4-8,16H2,1-3H3. The van der Waals surface area contributed by atoms with Crippen molar-refractivity contribution in [2.24, 2.45) is 11.1 Å². The molecule has 1 heterocycles. The van der Waals surface area contributed by atoms with E-state index >= 15 is 0 Å². The molecule has 2 N–H and O–H groups in total. The normalized spacial score (nSPS) is 11.4. The molecule has 0 aliphatic rings. The lowest BCUT2D eigenvalue weighted by molar-refractivity contribution is 0.0961. The zero-order chi connectivity index (χ0) is 14.3. The summed E-state index contributed by atoms with van der Waals surface area (Å²) in [4.78, 5) is 16.2. The van der Waals surface area contributed by atoms with Crippen molar-refractivity contribution in [3.05, 3.63) is 24.0 Å². The number of nitrogens with two attached hydrogens (primary N) is 1. The average Bonchev–Trinajstić information content (AvgIpc) is 2.37. The maximum atomic E-state index is 12.1. The van der Waals surface area contributed by atoms with Crippen LogP contribution in [0, 0.1) is 5.41 Å². The van der Waals surface area contributed by atoms with E-state index in [0.717, 1.165) is 12.8 Å². The Balaban J connectivity index is 2.60. The molecule has 1 rings (SSSR count). The molecule has 0 fully saturated rings. The fourth-order valence-corrected chi connectivity index (χ4v) is 1.93. The van der Waals surface area contributed by atoms with Crippen molar-refractivity contribution in [1.82, 2.24) is 4.98 Å². The Morgan fingerprint density at radius 3 is 2.74 bits per heavy atom. The van der Waals surface area contributed by atoms with Crippen LogP contribution in [0.4, 0.5) is 0 Å². The van der Waals surface area contributed by atoms with Crippen molar-refractivity contribution < 1.29 is 9.53 Å². The number of carbonyl (C=O) groups is 1. The second kappa shape index (κ2) is 7.24. The Kier molecular flexibility index (Phi) is 5.96. The van der Waals surface area contributed by atoms with Crippen LogP contribution < -0.4 is 10.5 Å². The lowest BCUT2D eigenvalue weighted by Gasteiger charge is -2.23. The summed E-state index contributed by atoms with van der Waals surface area (Å²) in [6.07, 6.45) is 5.50. The van der Waals surface area contributed by atoms with Gasteiger partial charge in [-0.3, -0.25) is 9.78 Å². The molecule has 4 heteroatoms. The second-order valence-corrected chi connectivity index (χ2v) is 5.47. The molecule has 0 saturated carbocycles. The highest BCUT2D eigenvalue weighted by Crippen LogP contribution is 2.27. The first kappa shape index (κ1) is 15.6. The number of hydrogen-bond donors (Lipinski definition) is 1. The third-order valence-corrected chi connectivity index (χ3v) is 3.20. The summed E-state index contributed by atoms with van der Waals surface area (Å²) in [5.41, 5.74) is 6.30. The Morgan fingerprint density at radius 1 is 1.37 bits per heavy atom. The van der Waals surface area contributed by atoms with E-state index in [2.05, 4.69) is 18.8 Å². The van der Waals surface area contributed by atoms with Crippen molar-refractivity contribution in [3.63, 3.8) is 0 Å². The van der Waals surface area contributed by atoms with Gasteiger partial charge in [-0.15, -0.1) is 0 Å². The number of ether oxygens (including phenoxy) is 1. The van der Waals surface area contributed by atoms with Crippen LogP contribution in [0.3, 0.4) is 0 Å². The van der Waals surface area contributed by atoms with Crippen LogP contribution in [0.1, 0.15) is 50.4 Å². The first-order valence-electron chi connectivity index (χ1n) is 6.79. The van der Waals surface area contributed by atoms with Gasteiger partial charge in [-0.1, -0.05) is 13.8 Å². The molecule has 1 aromatic rings. The van der Waals surface area contributed by atoms with Crippen molar-refractivity contribution in [3.8, 4) is 5.75 Å². The second-order valence-electron chi connectivity index (χ2n) is 5.47. The maximum absolute atomic E-state index is 12.1. The van der Waals surface area contributed by atoms with E-state index in [4.69, 9.17) is 10.5 Å². The summed E-state index contributed by atoms with van der Waals surface area (Å²) in [5, 5.41) is 0. The van der Waals surface area contributed by atoms with E-state index in [0.29, 0.717) is 30.9 Å². The summed E-state index contributed by atoms with van der Waals surface area (Å²) in [6.45, 7) is 7.42. The highest BCUT2D eigenvalue weighted by molar-refractivity contribution is 5.96. The lowest BCUT2D eigenvalue weighted by atomic mass is 9.83. The van der Waals surface area contributed by atoms with Crippen molar-refractivity contribution in [1.29, 1.82) is 0 Å². The molecule has 1 aromatic heterocycles. The van der Waals surface area contributed by atoms with E-state index in [1.54, 1.807) is 18.5 Å². The Morgan fingerprint density at radius 2 is 2.11 bits per heavy atom. The molecule has 0 atom stereocenters. The van der Waals surface area contributed by atoms with E-state index < -0.39 is 0 Å². The van der Waals surface area contributed by atoms with Crippen LogP contribution in [0.2, 0.25) is 0 Å². The van der Waals surface area contributed by atoms with Crippen molar-refractivity contribution in [2.75, 3.05) is 13.2 Å². The van der Waals surface area contributed by atoms with Gasteiger partial charge in [0.2, 0.25) is 0 Å². The van der Waals surface area contributed by atoms with Crippen LogP contribution in [0.25, 0.3) is 0 Å². The van der Waals surface area contributed by atoms with Crippen molar-refractivity contribution >= 4 is 5.78 Å². The fraction of sp³-hybridized carbons (Fsp3) is 0.600. The number of carbonyl (C=O) groups excluding carboxylic acids is 1. The highest BCUT2D eigenvalue weighted by Gasteiger charge is 2.19. The number of pyridine rings is 1. The maximum Gasteiger partial charge on any atom is 0.164 e. The molecule has 0 bridgehead atoms. The third kappa shape index (κ3) is 5.39. The number of hydrogen-bond acceptors (Lipinski definition) is 4. The molecule has 0 saturated heterocycles. The first-order chi connectivity index (χ1) is 8.98. The predicted molar refractivity (Wildman–Crippen MR) is 76.4 cm³/mol. The third-order valence-electron chi connectivity index (χ3n) is 3.20. The molecule has 19 heavy (non-hydrogen) atoms. The summed E-state index contributed by atoms with van der Waals surface area (Å²) < 4.78 is 5.35. The van der Waals surface area contributed by atoms with Gasteiger partial charge in [0.1, 0.15) is 5.75 Å². The molecular weight excluding hydrogens is 240 g/mol. The zero-order valence-electron chi connectivity index (χ0n) is 12.1. The molecule has 0 aliphatic heterocycles. The summed E-state index contributed by atoms with van der Waals surface area (Å²) in [5.74, 6) is 0.758. The van der Waals surface area contributed by atoms with Crippen LogP contribution >= 0.6 is 0 Å². The van der Waals surface area contributed by atoms with Crippen LogP contribution in [-0.4, -0.2) is 23.9 Å². The number of nitrogens with zero attached hydrogens (tertiary/aromatic N) is 1. The number of Topliss-reactive ketones (excluding diaryl/α,β-unsaturated/α-hetero) is 1. The molecular formula is C15H24N2O2. The molecule has 0 radical (unpaired) electrons. The van der Waals surface area contributed by atoms with Gasteiger partial charge in [0.05, 0.1) is 12.8 Å². The number of aromatic nitrogens is 1. The van der Waals surface area contributed by atoms with Gasteiger partial charge in [0, 0.05) is 18.2 Å². The largest absolute Gasteiger partial charge is 0.492 e.